The predicted molar refractivity (Wildman–Crippen MR) is 70.8 cm³/mol. The topological polar surface area (TPSA) is 72.5 Å². The van der Waals surface area contributed by atoms with Crippen LogP contribution in [0.3, 0.4) is 0 Å². The summed E-state index contributed by atoms with van der Waals surface area (Å²) in [6, 6.07) is -0.789. The summed E-state index contributed by atoms with van der Waals surface area (Å²) < 4.78 is 5.15. The number of Topliss-reactive ketones (excluding diaryl/α,β-unsaturated/α-hetero) is 1. The van der Waals surface area contributed by atoms with Crippen LogP contribution < -0.4 is 5.32 Å². The zero-order chi connectivity index (χ0) is 14.7. The molecular formula is C14H23NO4. The summed E-state index contributed by atoms with van der Waals surface area (Å²) in [4.78, 5) is 34.3. The van der Waals surface area contributed by atoms with Crippen LogP contribution in [0.4, 0.5) is 4.79 Å². The Kier molecular flexibility index (Phi) is 4.71. The lowest BCUT2D eigenvalue weighted by Crippen LogP contribution is -2.52. The van der Waals surface area contributed by atoms with Crippen molar-refractivity contribution in [2.75, 3.05) is 0 Å². The third-order valence-corrected chi connectivity index (χ3v) is 3.50. The average Bonchev–Trinajstić information content (AvgIpc) is 2.70. The number of ether oxygens (including phenoxy) is 1. The first-order valence-electron chi connectivity index (χ1n) is 6.66. The number of carbonyl (C=O) groups is 3. The van der Waals surface area contributed by atoms with Gasteiger partial charge in [-0.15, -0.1) is 0 Å². The molecule has 0 heterocycles. The average molecular weight is 269 g/mol. The van der Waals surface area contributed by atoms with Crippen LogP contribution in [0.25, 0.3) is 0 Å². The SMILES string of the molecule is CC(C)(C)OC(=O)N[C@H](C(=O)C=O)C1(C)CCCC1. The van der Waals surface area contributed by atoms with E-state index >= 15 is 0 Å². The summed E-state index contributed by atoms with van der Waals surface area (Å²) in [7, 11) is 0. The molecule has 1 fully saturated rings. The summed E-state index contributed by atoms with van der Waals surface area (Å²) in [6.07, 6.45) is 3.30. The molecule has 0 aromatic heterocycles. The highest BCUT2D eigenvalue weighted by atomic mass is 16.6. The second-order valence-corrected chi connectivity index (χ2v) is 6.46. The molecule has 1 saturated carbocycles. The van der Waals surface area contributed by atoms with E-state index < -0.39 is 23.5 Å². The first-order chi connectivity index (χ1) is 8.68. The van der Waals surface area contributed by atoms with E-state index in [2.05, 4.69) is 5.32 Å². The lowest BCUT2D eigenvalue weighted by molar-refractivity contribution is -0.133. The number of rotatable bonds is 4. The molecule has 0 aliphatic heterocycles. The van der Waals surface area contributed by atoms with Crippen LogP contribution in [0.15, 0.2) is 0 Å². The molecule has 0 saturated heterocycles. The van der Waals surface area contributed by atoms with Gasteiger partial charge in [0.25, 0.3) is 0 Å². The molecule has 1 aliphatic rings. The molecule has 0 spiro atoms. The lowest BCUT2D eigenvalue weighted by atomic mass is 9.79. The second-order valence-electron chi connectivity index (χ2n) is 6.46. The molecule has 1 amide bonds. The Balaban J connectivity index is 2.79. The fourth-order valence-corrected chi connectivity index (χ4v) is 2.55. The van der Waals surface area contributed by atoms with Crippen molar-refractivity contribution in [3.05, 3.63) is 0 Å². The van der Waals surface area contributed by atoms with Crippen LogP contribution in [0.5, 0.6) is 0 Å². The molecule has 0 aromatic carbocycles. The molecule has 1 aliphatic carbocycles. The van der Waals surface area contributed by atoms with Gasteiger partial charge in [-0.25, -0.2) is 4.79 Å². The maximum absolute atomic E-state index is 11.8. The van der Waals surface area contributed by atoms with Gasteiger partial charge in [-0.1, -0.05) is 19.8 Å². The Morgan fingerprint density at radius 2 is 1.79 bits per heavy atom. The highest BCUT2D eigenvalue weighted by Gasteiger charge is 2.42. The van der Waals surface area contributed by atoms with E-state index in [1.54, 1.807) is 20.8 Å². The number of carbonyl (C=O) groups excluding carboxylic acids is 3. The zero-order valence-electron chi connectivity index (χ0n) is 12.1. The first kappa shape index (κ1) is 15.7. The molecule has 0 bridgehead atoms. The molecule has 0 unspecified atom stereocenters. The van der Waals surface area contributed by atoms with Gasteiger partial charge in [-0.05, 0) is 39.0 Å². The van der Waals surface area contributed by atoms with E-state index in [-0.39, 0.29) is 11.7 Å². The van der Waals surface area contributed by atoms with Gasteiger partial charge in [0.05, 0.1) is 0 Å². The molecule has 1 atom stereocenters. The van der Waals surface area contributed by atoms with Gasteiger partial charge < -0.3 is 10.1 Å². The van der Waals surface area contributed by atoms with E-state index in [0.29, 0.717) is 0 Å². The van der Waals surface area contributed by atoms with Crippen LogP contribution in [0.1, 0.15) is 53.4 Å². The molecule has 0 aromatic rings. The van der Waals surface area contributed by atoms with Crippen molar-refractivity contribution < 1.29 is 19.1 Å². The van der Waals surface area contributed by atoms with Gasteiger partial charge in [0.2, 0.25) is 5.78 Å². The van der Waals surface area contributed by atoms with Crippen LogP contribution in [-0.4, -0.2) is 29.8 Å². The minimum absolute atomic E-state index is 0.283. The monoisotopic (exact) mass is 269 g/mol. The summed E-state index contributed by atoms with van der Waals surface area (Å²) in [6.45, 7) is 7.19. The van der Waals surface area contributed by atoms with Crippen LogP contribution >= 0.6 is 0 Å². The van der Waals surface area contributed by atoms with Crippen molar-refractivity contribution >= 4 is 18.2 Å². The predicted octanol–water partition coefficient (Wildman–Crippen LogP) is 2.23. The smallest absolute Gasteiger partial charge is 0.408 e. The molecule has 108 valence electrons. The van der Waals surface area contributed by atoms with Gasteiger partial charge in [-0.3, -0.25) is 9.59 Å². The number of aldehydes is 1. The largest absolute Gasteiger partial charge is 0.444 e. The number of ketones is 1. The van der Waals surface area contributed by atoms with Crippen molar-refractivity contribution in [1.29, 1.82) is 0 Å². The third-order valence-electron chi connectivity index (χ3n) is 3.50. The minimum Gasteiger partial charge on any atom is -0.444 e. The summed E-state index contributed by atoms with van der Waals surface area (Å²) in [5.74, 6) is -0.588. The molecule has 5 nitrogen and oxygen atoms in total. The highest BCUT2D eigenvalue weighted by Crippen LogP contribution is 2.40. The van der Waals surface area contributed by atoms with Gasteiger partial charge >= 0.3 is 6.09 Å². The van der Waals surface area contributed by atoms with E-state index in [1.807, 2.05) is 6.92 Å². The number of nitrogens with one attached hydrogen (secondary N) is 1. The Hall–Kier alpha value is -1.39. The number of hydrogen-bond acceptors (Lipinski definition) is 4. The highest BCUT2D eigenvalue weighted by molar-refractivity contribution is 6.28. The fraction of sp³-hybridized carbons (Fsp3) is 0.786. The second kappa shape index (κ2) is 5.72. The number of amides is 1. The Morgan fingerprint density at radius 1 is 1.26 bits per heavy atom. The minimum atomic E-state index is -0.789. The van der Waals surface area contributed by atoms with Crippen molar-refractivity contribution in [3.8, 4) is 0 Å². The Labute approximate surface area is 114 Å². The first-order valence-corrected chi connectivity index (χ1v) is 6.66. The van der Waals surface area contributed by atoms with Crippen molar-refractivity contribution in [2.45, 2.75) is 65.0 Å². The molecule has 1 rings (SSSR count). The number of alkyl carbamates (subject to hydrolysis) is 1. The summed E-state index contributed by atoms with van der Waals surface area (Å²) in [5.41, 5.74) is -0.982. The van der Waals surface area contributed by atoms with Crippen molar-refractivity contribution in [2.24, 2.45) is 5.41 Å². The summed E-state index contributed by atoms with van der Waals surface area (Å²) >= 11 is 0. The van der Waals surface area contributed by atoms with E-state index in [4.69, 9.17) is 4.74 Å². The summed E-state index contributed by atoms with van der Waals surface area (Å²) in [5, 5.41) is 2.56. The molecule has 1 N–H and O–H groups in total. The van der Waals surface area contributed by atoms with Crippen LogP contribution in [0.2, 0.25) is 0 Å². The third kappa shape index (κ3) is 4.33. The molecular weight excluding hydrogens is 246 g/mol. The van der Waals surface area contributed by atoms with Crippen molar-refractivity contribution in [3.63, 3.8) is 0 Å². The fourth-order valence-electron chi connectivity index (χ4n) is 2.55. The van der Waals surface area contributed by atoms with E-state index in [1.165, 1.54) is 0 Å². The Morgan fingerprint density at radius 3 is 2.21 bits per heavy atom. The van der Waals surface area contributed by atoms with E-state index in [0.717, 1.165) is 25.7 Å². The lowest BCUT2D eigenvalue weighted by Gasteiger charge is -2.33. The van der Waals surface area contributed by atoms with Crippen molar-refractivity contribution in [1.82, 2.24) is 5.32 Å². The van der Waals surface area contributed by atoms with Gasteiger partial charge in [-0.2, -0.15) is 0 Å². The van der Waals surface area contributed by atoms with Gasteiger partial charge in [0, 0.05) is 0 Å². The molecule has 19 heavy (non-hydrogen) atoms. The van der Waals surface area contributed by atoms with Crippen LogP contribution in [0, 0.1) is 5.41 Å². The number of hydrogen-bond donors (Lipinski definition) is 1. The van der Waals surface area contributed by atoms with Gasteiger partial charge in [0.15, 0.2) is 6.29 Å². The quantitative estimate of drug-likeness (QED) is 0.627. The normalized spacial score (nSPS) is 19.6. The maximum atomic E-state index is 11.8. The molecule has 0 radical (unpaired) electrons. The van der Waals surface area contributed by atoms with E-state index in [9.17, 15) is 14.4 Å². The standard InChI is InChI=1S/C14H23NO4/c1-13(2,3)19-12(18)15-11(10(17)9-16)14(4)7-5-6-8-14/h9,11H,5-8H2,1-4H3,(H,15,18)/t11-/m1/s1. The maximum Gasteiger partial charge on any atom is 0.408 e. The molecule has 5 heteroatoms. The zero-order valence-corrected chi connectivity index (χ0v) is 12.1. The van der Waals surface area contributed by atoms with Gasteiger partial charge in [0.1, 0.15) is 11.6 Å². The van der Waals surface area contributed by atoms with Crippen LogP contribution in [-0.2, 0) is 14.3 Å². The Bertz CT molecular complexity index is 364.